The van der Waals surface area contributed by atoms with Crippen molar-refractivity contribution in [1.82, 2.24) is 4.98 Å². The summed E-state index contributed by atoms with van der Waals surface area (Å²) in [5, 5.41) is 0.982. The van der Waals surface area contributed by atoms with Gasteiger partial charge in [-0.25, -0.2) is 0 Å². The third kappa shape index (κ3) is 2.10. The normalized spacial score (nSPS) is 10.6. The van der Waals surface area contributed by atoms with Crippen LogP contribution in [0.5, 0.6) is 5.75 Å². The molecule has 19 heavy (non-hydrogen) atoms. The van der Waals surface area contributed by atoms with Gasteiger partial charge in [-0.15, -0.1) is 0 Å². The van der Waals surface area contributed by atoms with Crippen LogP contribution in [0.1, 0.15) is 0 Å². The van der Waals surface area contributed by atoms with E-state index in [2.05, 4.69) is 17.1 Å². The van der Waals surface area contributed by atoms with Gasteiger partial charge in [0.2, 0.25) is 0 Å². The first kappa shape index (κ1) is 11.5. The Balaban J connectivity index is 2.11. The van der Waals surface area contributed by atoms with Crippen molar-refractivity contribution in [2.45, 2.75) is 0 Å². The van der Waals surface area contributed by atoms with E-state index < -0.39 is 0 Å². The van der Waals surface area contributed by atoms with Crippen LogP contribution >= 0.6 is 0 Å². The molecule has 2 aromatic carbocycles. The minimum Gasteiger partial charge on any atom is -0.497 e. The zero-order valence-corrected chi connectivity index (χ0v) is 10.6. The summed E-state index contributed by atoms with van der Waals surface area (Å²) < 4.78 is 5.16. The number of fused-ring (bicyclic) bond motifs is 1. The van der Waals surface area contributed by atoms with Crippen LogP contribution in [0.15, 0.2) is 54.7 Å². The maximum atomic E-state index is 5.99. The molecular weight excluding hydrogens is 236 g/mol. The fourth-order valence-electron chi connectivity index (χ4n) is 2.13. The molecular formula is C16H14N2O. The van der Waals surface area contributed by atoms with Gasteiger partial charge in [0.1, 0.15) is 5.75 Å². The first-order valence-corrected chi connectivity index (χ1v) is 6.06. The number of ether oxygens (including phenoxy) is 1. The van der Waals surface area contributed by atoms with E-state index in [-0.39, 0.29) is 0 Å². The van der Waals surface area contributed by atoms with Crippen molar-refractivity contribution in [2.24, 2.45) is 0 Å². The molecule has 0 saturated heterocycles. The quantitative estimate of drug-likeness (QED) is 0.757. The van der Waals surface area contributed by atoms with Crippen molar-refractivity contribution in [3.8, 4) is 16.9 Å². The lowest BCUT2D eigenvalue weighted by atomic mass is 10.0. The highest BCUT2D eigenvalue weighted by atomic mass is 16.5. The molecule has 0 aliphatic heterocycles. The molecule has 0 saturated carbocycles. The molecule has 3 rings (SSSR count). The first-order valence-electron chi connectivity index (χ1n) is 6.06. The monoisotopic (exact) mass is 250 g/mol. The molecule has 1 aromatic heterocycles. The van der Waals surface area contributed by atoms with Gasteiger partial charge in [0.05, 0.1) is 12.6 Å². The highest BCUT2D eigenvalue weighted by Gasteiger charge is 2.03. The molecule has 3 aromatic rings. The Bertz CT molecular complexity index is 720. The summed E-state index contributed by atoms with van der Waals surface area (Å²) in [4.78, 5) is 4.30. The summed E-state index contributed by atoms with van der Waals surface area (Å²) in [5.74, 6) is 0.853. The van der Waals surface area contributed by atoms with Crippen LogP contribution in [0, 0.1) is 0 Å². The van der Waals surface area contributed by atoms with Gasteiger partial charge in [0.25, 0.3) is 0 Å². The molecule has 3 heteroatoms. The second-order valence-corrected chi connectivity index (χ2v) is 4.36. The van der Waals surface area contributed by atoms with Crippen LogP contribution in [0.2, 0.25) is 0 Å². The lowest BCUT2D eigenvalue weighted by Crippen LogP contribution is -1.89. The number of rotatable bonds is 2. The molecule has 0 unspecified atom stereocenters. The van der Waals surface area contributed by atoms with Crippen molar-refractivity contribution < 1.29 is 4.74 Å². The van der Waals surface area contributed by atoms with Gasteiger partial charge in [-0.05, 0) is 41.5 Å². The van der Waals surface area contributed by atoms with Crippen LogP contribution in [-0.2, 0) is 0 Å². The topological polar surface area (TPSA) is 48.1 Å². The number of hydrogen-bond donors (Lipinski definition) is 1. The molecule has 0 aliphatic rings. The van der Waals surface area contributed by atoms with Gasteiger partial charge in [-0.1, -0.05) is 18.2 Å². The molecule has 1 heterocycles. The lowest BCUT2D eigenvalue weighted by molar-refractivity contribution is 0.415. The third-order valence-corrected chi connectivity index (χ3v) is 3.20. The van der Waals surface area contributed by atoms with E-state index in [1.807, 2.05) is 36.4 Å². The lowest BCUT2D eigenvalue weighted by Gasteiger charge is -2.06. The summed E-state index contributed by atoms with van der Waals surface area (Å²) in [5.41, 5.74) is 9.90. The molecule has 0 amide bonds. The Morgan fingerprint density at radius 1 is 0.947 bits per heavy atom. The van der Waals surface area contributed by atoms with E-state index in [1.165, 1.54) is 0 Å². The Kier molecular flexibility index (Phi) is 2.80. The Morgan fingerprint density at radius 3 is 2.42 bits per heavy atom. The van der Waals surface area contributed by atoms with Gasteiger partial charge in [-0.3, -0.25) is 4.98 Å². The van der Waals surface area contributed by atoms with Crippen LogP contribution in [0.25, 0.3) is 22.0 Å². The number of nitrogen functional groups attached to an aromatic ring is 1. The molecule has 0 bridgehead atoms. The van der Waals surface area contributed by atoms with Gasteiger partial charge in [0, 0.05) is 17.3 Å². The van der Waals surface area contributed by atoms with Crippen LogP contribution in [-0.4, -0.2) is 12.1 Å². The van der Waals surface area contributed by atoms with E-state index >= 15 is 0 Å². The molecule has 2 N–H and O–H groups in total. The number of aromatic nitrogens is 1. The number of anilines is 1. The van der Waals surface area contributed by atoms with Gasteiger partial charge in [0.15, 0.2) is 0 Å². The number of methoxy groups -OCH3 is 1. The predicted molar refractivity (Wildman–Crippen MR) is 78.1 cm³/mol. The Hall–Kier alpha value is -2.55. The fraction of sp³-hybridized carbons (Fsp3) is 0.0625. The van der Waals surface area contributed by atoms with Gasteiger partial charge in [-0.2, -0.15) is 0 Å². The molecule has 0 spiro atoms. The van der Waals surface area contributed by atoms with Crippen molar-refractivity contribution in [2.75, 3.05) is 12.8 Å². The Labute approximate surface area is 111 Å². The summed E-state index contributed by atoms with van der Waals surface area (Å²) in [6.07, 6.45) is 1.73. The largest absolute Gasteiger partial charge is 0.497 e. The van der Waals surface area contributed by atoms with Gasteiger partial charge >= 0.3 is 0 Å². The molecule has 0 fully saturated rings. The van der Waals surface area contributed by atoms with Crippen LogP contribution < -0.4 is 10.5 Å². The smallest absolute Gasteiger partial charge is 0.118 e. The third-order valence-electron chi connectivity index (χ3n) is 3.20. The van der Waals surface area contributed by atoms with Crippen molar-refractivity contribution in [1.29, 1.82) is 0 Å². The maximum absolute atomic E-state index is 5.99. The number of benzene rings is 2. The number of nitrogens with two attached hydrogens (primary N) is 1. The van der Waals surface area contributed by atoms with Crippen molar-refractivity contribution >= 4 is 16.6 Å². The maximum Gasteiger partial charge on any atom is 0.118 e. The molecule has 3 nitrogen and oxygen atoms in total. The fourth-order valence-corrected chi connectivity index (χ4v) is 2.13. The minimum absolute atomic E-state index is 0.750. The second-order valence-electron chi connectivity index (χ2n) is 4.36. The molecule has 0 radical (unpaired) electrons. The van der Waals surface area contributed by atoms with Crippen molar-refractivity contribution in [3.63, 3.8) is 0 Å². The van der Waals surface area contributed by atoms with Crippen molar-refractivity contribution in [3.05, 3.63) is 54.7 Å². The highest BCUT2D eigenvalue weighted by molar-refractivity contribution is 5.93. The highest BCUT2D eigenvalue weighted by Crippen LogP contribution is 2.27. The predicted octanol–water partition coefficient (Wildman–Crippen LogP) is 3.49. The van der Waals surface area contributed by atoms with E-state index in [0.717, 1.165) is 33.5 Å². The number of nitrogens with zero attached hydrogens (tertiary/aromatic N) is 1. The summed E-state index contributed by atoms with van der Waals surface area (Å²) >= 11 is 0. The summed E-state index contributed by atoms with van der Waals surface area (Å²) in [7, 11) is 1.66. The van der Waals surface area contributed by atoms with E-state index in [0.29, 0.717) is 0 Å². The SMILES string of the molecule is COc1ccc(-c2ccc3nccc(N)c3c2)cc1. The molecule has 0 aliphatic carbocycles. The second kappa shape index (κ2) is 4.61. The zero-order valence-electron chi connectivity index (χ0n) is 10.6. The van der Waals surface area contributed by atoms with Crippen LogP contribution in [0.3, 0.4) is 0 Å². The van der Waals surface area contributed by atoms with Crippen LogP contribution in [0.4, 0.5) is 5.69 Å². The van der Waals surface area contributed by atoms with Gasteiger partial charge < -0.3 is 10.5 Å². The average Bonchev–Trinajstić information content (AvgIpc) is 2.47. The number of pyridine rings is 1. The average molecular weight is 250 g/mol. The standard InChI is InChI=1S/C16H14N2O/c1-19-13-5-2-11(3-6-13)12-4-7-16-14(10-12)15(17)8-9-18-16/h2-10H,1H3,(H2,17,18). The van der Waals surface area contributed by atoms with E-state index in [4.69, 9.17) is 10.5 Å². The number of hydrogen-bond acceptors (Lipinski definition) is 3. The zero-order chi connectivity index (χ0) is 13.2. The molecule has 94 valence electrons. The first-order chi connectivity index (χ1) is 9.28. The summed E-state index contributed by atoms with van der Waals surface area (Å²) in [6.45, 7) is 0. The Morgan fingerprint density at radius 2 is 1.68 bits per heavy atom. The minimum atomic E-state index is 0.750. The van der Waals surface area contributed by atoms with E-state index in [9.17, 15) is 0 Å². The molecule has 0 atom stereocenters. The van der Waals surface area contributed by atoms with E-state index in [1.54, 1.807) is 13.3 Å². The summed E-state index contributed by atoms with van der Waals surface area (Å²) in [6, 6.07) is 15.9.